The number of carbonyl (C=O) groups is 2. The van der Waals surface area contributed by atoms with E-state index in [9.17, 15) is 9.59 Å². The molecular weight excluding hydrogens is 212 g/mol. The van der Waals surface area contributed by atoms with E-state index in [4.69, 9.17) is 4.74 Å². The molecule has 2 amide bonds. The number of hydroxylamine groups is 1. The topological polar surface area (TPSA) is 76.7 Å². The first kappa shape index (κ1) is 10.4. The molecule has 0 aromatic heterocycles. The first-order valence-electron chi connectivity index (χ1n) is 4.61. The third-order valence-corrected chi connectivity index (χ3v) is 2.07. The van der Waals surface area contributed by atoms with Gasteiger partial charge in [-0.3, -0.25) is 14.4 Å². The third kappa shape index (κ3) is 1.96. The van der Waals surface area contributed by atoms with Crippen molar-refractivity contribution in [3.05, 3.63) is 23.8 Å². The summed E-state index contributed by atoms with van der Waals surface area (Å²) in [4.78, 5) is 26.9. The maximum atomic E-state index is 11.4. The molecule has 0 unspecified atom stereocenters. The normalized spacial score (nSPS) is 13.4. The van der Waals surface area contributed by atoms with Crippen molar-refractivity contribution < 1.29 is 19.2 Å². The van der Waals surface area contributed by atoms with E-state index in [0.717, 1.165) is 0 Å². The van der Waals surface area contributed by atoms with Gasteiger partial charge in [-0.25, -0.2) is 5.48 Å². The Hall–Kier alpha value is -2.08. The second-order valence-corrected chi connectivity index (χ2v) is 3.18. The van der Waals surface area contributed by atoms with Crippen LogP contribution in [0, 0.1) is 0 Å². The summed E-state index contributed by atoms with van der Waals surface area (Å²) >= 11 is 0. The molecule has 0 bridgehead atoms. The van der Waals surface area contributed by atoms with Gasteiger partial charge in [0.25, 0.3) is 11.8 Å². The molecule has 1 aliphatic rings. The van der Waals surface area contributed by atoms with Crippen LogP contribution in [0.25, 0.3) is 0 Å². The van der Waals surface area contributed by atoms with E-state index >= 15 is 0 Å². The minimum Gasteiger partial charge on any atom is -0.482 e. The average Bonchev–Trinajstić information content (AvgIpc) is 2.28. The predicted octanol–water partition coefficient (Wildman–Crippen LogP) is 0.309. The summed E-state index contributed by atoms with van der Waals surface area (Å²) in [7, 11) is 1.35. The van der Waals surface area contributed by atoms with Gasteiger partial charge in [-0.1, -0.05) is 0 Å². The van der Waals surface area contributed by atoms with Gasteiger partial charge in [-0.05, 0) is 18.2 Å². The van der Waals surface area contributed by atoms with E-state index in [-0.39, 0.29) is 18.4 Å². The highest BCUT2D eigenvalue weighted by molar-refractivity contribution is 5.98. The number of anilines is 1. The van der Waals surface area contributed by atoms with Gasteiger partial charge < -0.3 is 10.1 Å². The first-order chi connectivity index (χ1) is 7.70. The van der Waals surface area contributed by atoms with Gasteiger partial charge in [-0.15, -0.1) is 0 Å². The van der Waals surface area contributed by atoms with Crippen molar-refractivity contribution in [2.24, 2.45) is 0 Å². The van der Waals surface area contributed by atoms with E-state index in [0.29, 0.717) is 17.0 Å². The molecule has 1 aliphatic heterocycles. The molecule has 0 atom stereocenters. The predicted molar refractivity (Wildman–Crippen MR) is 55.0 cm³/mol. The largest absolute Gasteiger partial charge is 0.482 e. The van der Waals surface area contributed by atoms with Gasteiger partial charge >= 0.3 is 0 Å². The molecular formula is C10H10N2O4. The van der Waals surface area contributed by atoms with Crippen molar-refractivity contribution in [1.29, 1.82) is 0 Å². The zero-order valence-electron chi connectivity index (χ0n) is 8.57. The number of benzene rings is 1. The van der Waals surface area contributed by atoms with Crippen LogP contribution in [-0.4, -0.2) is 25.5 Å². The van der Waals surface area contributed by atoms with Crippen molar-refractivity contribution in [2.75, 3.05) is 19.0 Å². The van der Waals surface area contributed by atoms with Crippen LogP contribution in [0.15, 0.2) is 18.2 Å². The standard InChI is InChI=1S/C10H10N2O4/c1-15-12-10(14)6-2-3-7-8(4-6)16-5-9(13)11-7/h2-4H,5H2,1H3,(H,11,13)(H,12,14). The number of rotatable bonds is 2. The molecule has 2 N–H and O–H groups in total. The van der Waals surface area contributed by atoms with E-state index in [2.05, 4.69) is 15.6 Å². The second kappa shape index (κ2) is 4.19. The Labute approximate surface area is 91.5 Å². The highest BCUT2D eigenvalue weighted by atomic mass is 16.6. The molecule has 16 heavy (non-hydrogen) atoms. The molecule has 0 radical (unpaired) electrons. The zero-order chi connectivity index (χ0) is 11.5. The number of nitrogens with one attached hydrogen (secondary N) is 2. The molecule has 0 saturated carbocycles. The van der Waals surface area contributed by atoms with Gasteiger partial charge in [0.15, 0.2) is 6.61 Å². The quantitative estimate of drug-likeness (QED) is 0.706. The van der Waals surface area contributed by atoms with Crippen molar-refractivity contribution in [1.82, 2.24) is 5.48 Å². The van der Waals surface area contributed by atoms with Crippen LogP contribution in [0.4, 0.5) is 5.69 Å². The van der Waals surface area contributed by atoms with Crippen molar-refractivity contribution in [2.45, 2.75) is 0 Å². The van der Waals surface area contributed by atoms with E-state index in [1.54, 1.807) is 18.2 Å². The molecule has 84 valence electrons. The Morgan fingerprint density at radius 1 is 1.56 bits per heavy atom. The first-order valence-corrected chi connectivity index (χ1v) is 4.61. The summed E-state index contributed by atoms with van der Waals surface area (Å²) in [5.74, 6) is -0.101. The molecule has 2 rings (SSSR count). The van der Waals surface area contributed by atoms with Gasteiger partial charge in [0.2, 0.25) is 0 Å². The van der Waals surface area contributed by atoms with Crippen molar-refractivity contribution in [3.8, 4) is 5.75 Å². The lowest BCUT2D eigenvalue weighted by molar-refractivity contribution is -0.118. The second-order valence-electron chi connectivity index (χ2n) is 3.18. The molecule has 6 nitrogen and oxygen atoms in total. The number of hydrogen-bond donors (Lipinski definition) is 2. The fourth-order valence-electron chi connectivity index (χ4n) is 1.37. The maximum Gasteiger partial charge on any atom is 0.274 e. The third-order valence-electron chi connectivity index (χ3n) is 2.07. The minimum atomic E-state index is -0.370. The number of carbonyl (C=O) groups excluding carboxylic acids is 2. The molecule has 0 fully saturated rings. The minimum absolute atomic E-state index is 0.0393. The van der Waals surface area contributed by atoms with Crippen LogP contribution in [0.1, 0.15) is 10.4 Å². The van der Waals surface area contributed by atoms with E-state index < -0.39 is 0 Å². The Morgan fingerprint density at radius 3 is 3.12 bits per heavy atom. The van der Waals surface area contributed by atoms with Crippen molar-refractivity contribution >= 4 is 17.5 Å². The monoisotopic (exact) mass is 222 g/mol. The molecule has 1 heterocycles. The van der Waals surface area contributed by atoms with Gasteiger partial charge in [-0.2, -0.15) is 0 Å². The van der Waals surface area contributed by atoms with Crippen LogP contribution in [0.2, 0.25) is 0 Å². The lowest BCUT2D eigenvalue weighted by Gasteiger charge is -2.18. The number of amides is 2. The van der Waals surface area contributed by atoms with Crippen molar-refractivity contribution in [3.63, 3.8) is 0 Å². The van der Waals surface area contributed by atoms with Crippen LogP contribution in [0.3, 0.4) is 0 Å². The molecule has 1 aromatic rings. The summed E-state index contributed by atoms with van der Waals surface area (Å²) < 4.78 is 5.17. The van der Waals surface area contributed by atoms with Gasteiger partial charge in [0, 0.05) is 5.56 Å². The van der Waals surface area contributed by atoms with Gasteiger partial charge in [0.1, 0.15) is 5.75 Å². The number of fused-ring (bicyclic) bond motifs is 1. The summed E-state index contributed by atoms with van der Waals surface area (Å²) in [6.45, 7) is -0.0393. The lowest BCUT2D eigenvalue weighted by atomic mass is 10.1. The fourth-order valence-corrected chi connectivity index (χ4v) is 1.37. The molecule has 1 aromatic carbocycles. The SMILES string of the molecule is CONC(=O)c1ccc2c(c1)OCC(=O)N2. The number of ether oxygens (including phenoxy) is 1. The van der Waals surface area contributed by atoms with E-state index in [1.165, 1.54) is 7.11 Å². The molecule has 0 spiro atoms. The Bertz CT molecular complexity index is 444. The fraction of sp³-hybridized carbons (Fsp3) is 0.200. The Balaban J connectivity index is 2.26. The van der Waals surface area contributed by atoms with Gasteiger partial charge in [0.05, 0.1) is 12.8 Å². The maximum absolute atomic E-state index is 11.4. The Kier molecular flexibility index (Phi) is 2.74. The average molecular weight is 222 g/mol. The highest BCUT2D eigenvalue weighted by Crippen LogP contribution is 2.28. The summed E-state index contributed by atoms with van der Waals surface area (Å²) in [5.41, 5.74) is 3.16. The van der Waals surface area contributed by atoms with Crippen LogP contribution in [-0.2, 0) is 9.63 Å². The van der Waals surface area contributed by atoms with Crippen LogP contribution in [0.5, 0.6) is 5.75 Å². The van der Waals surface area contributed by atoms with E-state index in [1.807, 2.05) is 0 Å². The van der Waals surface area contributed by atoms with Crippen LogP contribution >= 0.6 is 0 Å². The summed E-state index contributed by atoms with van der Waals surface area (Å²) in [5, 5.41) is 2.63. The number of hydrogen-bond acceptors (Lipinski definition) is 4. The Morgan fingerprint density at radius 2 is 2.38 bits per heavy atom. The lowest BCUT2D eigenvalue weighted by Crippen LogP contribution is -2.26. The highest BCUT2D eigenvalue weighted by Gasteiger charge is 2.17. The van der Waals surface area contributed by atoms with Crippen LogP contribution < -0.4 is 15.5 Å². The molecule has 6 heteroatoms. The smallest absolute Gasteiger partial charge is 0.274 e. The molecule has 0 aliphatic carbocycles. The summed E-state index contributed by atoms with van der Waals surface area (Å²) in [6, 6.07) is 4.72. The zero-order valence-corrected chi connectivity index (χ0v) is 8.57. The summed E-state index contributed by atoms with van der Waals surface area (Å²) in [6.07, 6.45) is 0. The molecule has 0 saturated heterocycles.